The second kappa shape index (κ2) is 8.87. The molecule has 0 aliphatic heterocycles. The molecule has 0 aliphatic rings. The van der Waals surface area contributed by atoms with Crippen LogP contribution in [0, 0.1) is 0 Å². The van der Waals surface area contributed by atoms with Crippen LogP contribution in [0.4, 0.5) is 5.69 Å². The van der Waals surface area contributed by atoms with Crippen LogP contribution < -0.4 is 10.1 Å². The Morgan fingerprint density at radius 2 is 1.76 bits per heavy atom. The number of carbonyl (C=O) groups is 2. The van der Waals surface area contributed by atoms with Crippen molar-refractivity contribution in [1.29, 1.82) is 0 Å². The van der Waals surface area contributed by atoms with Gasteiger partial charge in [0.05, 0.1) is 13.5 Å². The smallest absolute Gasteiger partial charge is 0.253 e. The summed E-state index contributed by atoms with van der Waals surface area (Å²) in [4.78, 5) is 26.4. The van der Waals surface area contributed by atoms with Gasteiger partial charge in [0.1, 0.15) is 5.75 Å². The predicted octanol–water partition coefficient (Wildman–Crippen LogP) is 3.36. The molecular formula is C20H24N2O3. The number of nitrogens with zero attached hydrogens (tertiary/aromatic N) is 1. The number of hydrogen-bond acceptors (Lipinski definition) is 3. The van der Waals surface area contributed by atoms with E-state index in [-0.39, 0.29) is 18.2 Å². The Bertz CT molecular complexity index is 739. The number of carbonyl (C=O) groups excluding carboxylic acids is 2. The fraction of sp³-hybridized carbons (Fsp3) is 0.300. The molecule has 0 spiro atoms. The summed E-state index contributed by atoms with van der Waals surface area (Å²) in [6, 6.07) is 14.4. The molecule has 0 saturated carbocycles. The molecule has 5 heteroatoms. The van der Waals surface area contributed by atoms with E-state index in [0.29, 0.717) is 24.3 Å². The first-order valence-corrected chi connectivity index (χ1v) is 8.39. The molecule has 132 valence electrons. The number of methoxy groups -OCH3 is 1. The average Bonchev–Trinajstić information content (AvgIpc) is 2.63. The third-order valence-electron chi connectivity index (χ3n) is 3.94. The van der Waals surface area contributed by atoms with Crippen molar-refractivity contribution < 1.29 is 14.3 Å². The van der Waals surface area contributed by atoms with Crippen LogP contribution in [0.25, 0.3) is 0 Å². The van der Waals surface area contributed by atoms with E-state index in [2.05, 4.69) is 5.32 Å². The Labute approximate surface area is 148 Å². The van der Waals surface area contributed by atoms with Gasteiger partial charge in [-0.1, -0.05) is 18.2 Å². The van der Waals surface area contributed by atoms with Crippen molar-refractivity contribution in [2.75, 3.05) is 25.5 Å². The van der Waals surface area contributed by atoms with E-state index in [1.165, 1.54) is 0 Å². The maximum atomic E-state index is 12.4. The van der Waals surface area contributed by atoms with Gasteiger partial charge in [-0.05, 0) is 49.7 Å². The fourth-order valence-electron chi connectivity index (χ4n) is 2.60. The van der Waals surface area contributed by atoms with Crippen molar-refractivity contribution in [2.24, 2.45) is 0 Å². The standard InChI is InChI=1S/C20H24N2O3/c1-4-22(5-2)20(24)16-9-7-10-17(14-16)21-19(23)13-15-8-6-11-18(12-15)25-3/h6-12,14H,4-5,13H2,1-3H3,(H,21,23). The molecule has 25 heavy (non-hydrogen) atoms. The Morgan fingerprint density at radius 1 is 1.04 bits per heavy atom. The molecule has 0 unspecified atom stereocenters. The molecule has 1 N–H and O–H groups in total. The zero-order valence-electron chi connectivity index (χ0n) is 14.9. The zero-order chi connectivity index (χ0) is 18.2. The van der Waals surface area contributed by atoms with Gasteiger partial charge in [0.15, 0.2) is 0 Å². The van der Waals surface area contributed by atoms with E-state index in [9.17, 15) is 9.59 Å². The maximum Gasteiger partial charge on any atom is 0.253 e. The van der Waals surface area contributed by atoms with Crippen molar-refractivity contribution in [3.63, 3.8) is 0 Å². The summed E-state index contributed by atoms with van der Waals surface area (Å²) in [6.45, 7) is 5.20. The predicted molar refractivity (Wildman–Crippen MR) is 99.0 cm³/mol. The van der Waals surface area contributed by atoms with Gasteiger partial charge in [0, 0.05) is 24.3 Å². The van der Waals surface area contributed by atoms with Crippen molar-refractivity contribution in [3.8, 4) is 5.75 Å². The molecule has 0 aromatic heterocycles. The maximum absolute atomic E-state index is 12.4. The lowest BCUT2D eigenvalue weighted by molar-refractivity contribution is -0.115. The first-order chi connectivity index (χ1) is 12.1. The van der Waals surface area contributed by atoms with Crippen LogP contribution >= 0.6 is 0 Å². The Hall–Kier alpha value is -2.82. The van der Waals surface area contributed by atoms with Gasteiger partial charge in [-0.15, -0.1) is 0 Å². The van der Waals surface area contributed by atoms with Gasteiger partial charge in [-0.25, -0.2) is 0 Å². The first-order valence-electron chi connectivity index (χ1n) is 8.39. The lowest BCUT2D eigenvalue weighted by Crippen LogP contribution is -2.30. The second-order valence-corrected chi connectivity index (χ2v) is 5.63. The Kier molecular flexibility index (Phi) is 6.57. The van der Waals surface area contributed by atoms with E-state index in [1.807, 2.05) is 38.1 Å². The molecule has 0 saturated heterocycles. The molecule has 5 nitrogen and oxygen atoms in total. The SMILES string of the molecule is CCN(CC)C(=O)c1cccc(NC(=O)Cc2cccc(OC)c2)c1. The van der Waals surface area contributed by atoms with Crippen LogP contribution in [0.5, 0.6) is 5.75 Å². The molecule has 0 bridgehead atoms. The normalized spacial score (nSPS) is 10.2. The third kappa shape index (κ3) is 5.08. The highest BCUT2D eigenvalue weighted by atomic mass is 16.5. The number of anilines is 1. The highest BCUT2D eigenvalue weighted by Gasteiger charge is 2.13. The summed E-state index contributed by atoms with van der Waals surface area (Å²) < 4.78 is 5.17. The van der Waals surface area contributed by atoms with Crippen LogP contribution in [-0.2, 0) is 11.2 Å². The quantitative estimate of drug-likeness (QED) is 0.841. The van der Waals surface area contributed by atoms with Gasteiger partial charge in [0.25, 0.3) is 5.91 Å². The number of benzene rings is 2. The number of amides is 2. The topological polar surface area (TPSA) is 58.6 Å². The van der Waals surface area contributed by atoms with Gasteiger partial charge in [-0.2, -0.15) is 0 Å². The third-order valence-corrected chi connectivity index (χ3v) is 3.94. The summed E-state index contributed by atoms with van der Waals surface area (Å²) in [6.07, 6.45) is 0.241. The molecule has 0 heterocycles. The van der Waals surface area contributed by atoms with Crippen LogP contribution in [0.3, 0.4) is 0 Å². The summed E-state index contributed by atoms with van der Waals surface area (Å²) in [5.74, 6) is 0.548. The molecule has 2 aromatic rings. The van der Waals surface area contributed by atoms with E-state index in [4.69, 9.17) is 4.74 Å². The molecular weight excluding hydrogens is 316 g/mol. The van der Waals surface area contributed by atoms with Crippen LogP contribution in [-0.4, -0.2) is 36.9 Å². The fourth-order valence-corrected chi connectivity index (χ4v) is 2.60. The highest BCUT2D eigenvalue weighted by molar-refractivity contribution is 5.97. The summed E-state index contributed by atoms with van der Waals surface area (Å²) in [5, 5.41) is 2.85. The van der Waals surface area contributed by atoms with Crippen molar-refractivity contribution in [2.45, 2.75) is 20.3 Å². The minimum absolute atomic E-state index is 0.0334. The summed E-state index contributed by atoms with van der Waals surface area (Å²) >= 11 is 0. The van der Waals surface area contributed by atoms with Crippen molar-refractivity contribution in [3.05, 3.63) is 59.7 Å². The van der Waals surface area contributed by atoms with E-state index in [1.54, 1.807) is 36.3 Å². The average molecular weight is 340 g/mol. The number of hydrogen-bond donors (Lipinski definition) is 1. The van der Waals surface area contributed by atoms with Crippen molar-refractivity contribution >= 4 is 17.5 Å². The molecule has 2 aromatic carbocycles. The second-order valence-electron chi connectivity index (χ2n) is 5.63. The van der Waals surface area contributed by atoms with E-state index in [0.717, 1.165) is 11.3 Å². The lowest BCUT2D eigenvalue weighted by Gasteiger charge is -2.19. The Balaban J connectivity index is 2.05. The highest BCUT2D eigenvalue weighted by Crippen LogP contribution is 2.16. The molecule has 0 fully saturated rings. The van der Waals surface area contributed by atoms with Crippen LogP contribution in [0.2, 0.25) is 0 Å². The van der Waals surface area contributed by atoms with Gasteiger partial charge in [0.2, 0.25) is 5.91 Å². The number of nitrogens with one attached hydrogen (secondary N) is 1. The summed E-state index contributed by atoms with van der Waals surface area (Å²) in [7, 11) is 1.59. The number of ether oxygens (including phenoxy) is 1. The molecule has 0 atom stereocenters. The zero-order valence-corrected chi connectivity index (χ0v) is 14.9. The lowest BCUT2D eigenvalue weighted by atomic mass is 10.1. The van der Waals surface area contributed by atoms with Gasteiger partial charge >= 0.3 is 0 Å². The van der Waals surface area contributed by atoms with Crippen LogP contribution in [0.15, 0.2) is 48.5 Å². The monoisotopic (exact) mass is 340 g/mol. The molecule has 2 amide bonds. The van der Waals surface area contributed by atoms with E-state index < -0.39 is 0 Å². The van der Waals surface area contributed by atoms with E-state index >= 15 is 0 Å². The minimum Gasteiger partial charge on any atom is -0.497 e. The molecule has 0 aliphatic carbocycles. The molecule has 0 radical (unpaired) electrons. The Morgan fingerprint density at radius 3 is 2.44 bits per heavy atom. The molecule has 2 rings (SSSR count). The van der Waals surface area contributed by atoms with Gasteiger partial charge in [-0.3, -0.25) is 9.59 Å². The largest absolute Gasteiger partial charge is 0.497 e. The summed E-state index contributed by atoms with van der Waals surface area (Å²) in [5.41, 5.74) is 2.06. The van der Waals surface area contributed by atoms with Gasteiger partial charge < -0.3 is 15.0 Å². The van der Waals surface area contributed by atoms with Crippen molar-refractivity contribution in [1.82, 2.24) is 4.90 Å². The number of rotatable bonds is 7. The van der Waals surface area contributed by atoms with Crippen LogP contribution in [0.1, 0.15) is 29.8 Å². The minimum atomic E-state index is -0.138. The first kappa shape index (κ1) is 18.5.